The number of Topliss-reactive ketones (excluding diaryl/α,β-unsaturated/α-hetero) is 1. The molecule has 0 unspecified atom stereocenters. The molecule has 1 atom stereocenters. The van der Waals surface area contributed by atoms with Crippen molar-refractivity contribution in [1.29, 1.82) is 5.41 Å². The number of nitrogens with zero attached hydrogens (tertiary/aromatic N) is 1. The zero-order chi connectivity index (χ0) is 20.1. The van der Waals surface area contributed by atoms with E-state index in [1.54, 1.807) is 42.8 Å². The smallest absolute Gasteiger partial charge is 0.344 e. The summed E-state index contributed by atoms with van der Waals surface area (Å²) in [5.74, 6) is -0.385. The monoisotopic (exact) mass is 418 g/mol. The number of carbonyl (C=O) groups excluding carboxylic acids is 2. The first kappa shape index (κ1) is 20.1. The molecule has 0 spiro atoms. The van der Waals surface area contributed by atoms with Crippen molar-refractivity contribution in [3.63, 3.8) is 0 Å². The van der Waals surface area contributed by atoms with Crippen LogP contribution in [0.3, 0.4) is 0 Å². The number of rotatable bonds is 7. The molecule has 0 bridgehead atoms. The van der Waals surface area contributed by atoms with Crippen molar-refractivity contribution in [3.05, 3.63) is 45.3 Å². The maximum atomic E-state index is 12.7. The minimum Gasteiger partial charge on any atom is -0.493 e. The second kappa shape index (κ2) is 9.03. The Morgan fingerprint density at radius 1 is 1.36 bits per heavy atom. The molecule has 1 saturated heterocycles. The molecule has 0 saturated carbocycles. The van der Waals surface area contributed by atoms with Crippen LogP contribution in [0, 0.1) is 5.41 Å². The topological polar surface area (TPSA) is 98.6 Å². The van der Waals surface area contributed by atoms with E-state index < -0.39 is 11.9 Å². The van der Waals surface area contributed by atoms with E-state index >= 15 is 0 Å². The predicted octanol–water partition coefficient (Wildman–Crippen LogP) is 3.51. The second-order valence-corrected chi connectivity index (χ2v) is 7.66. The molecular formula is C19H18N2O5S2. The molecule has 146 valence electrons. The van der Waals surface area contributed by atoms with Crippen molar-refractivity contribution in [2.45, 2.75) is 12.8 Å². The van der Waals surface area contributed by atoms with Crippen LogP contribution >= 0.6 is 23.1 Å². The number of methoxy groups -OCH3 is 1. The summed E-state index contributed by atoms with van der Waals surface area (Å²) in [5.41, 5.74) is 0.726. The van der Waals surface area contributed by atoms with E-state index in [2.05, 4.69) is 4.98 Å². The second-order valence-electron chi connectivity index (χ2n) is 5.65. The fourth-order valence-electron chi connectivity index (χ4n) is 2.57. The van der Waals surface area contributed by atoms with Crippen LogP contribution in [0.2, 0.25) is 0 Å². The number of hydrogen-bond acceptors (Lipinski definition) is 9. The van der Waals surface area contributed by atoms with Gasteiger partial charge < -0.3 is 14.2 Å². The number of nitrogens with one attached hydrogen (secondary N) is 1. The van der Waals surface area contributed by atoms with Gasteiger partial charge in [-0.2, -0.15) is 0 Å². The summed E-state index contributed by atoms with van der Waals surface area (Å²) in [6.45, 7) is 1.79. The highest BCUT2D eigenvalue weighted by Crippen LogP contribution is 2.41. The van der Waals surface area contributed by atoms with E-state index in [4.69, 9.17) is 19.6 Å². The van der Waals surface area contributed by atoms with Gasteiger partial charge in [0.05, 0.1) is 23.7 Å². The summed E-state index contributed by atoms with van der Waals surface area (Å²) in [7, 11) is 1.49. The third-order valence-electron chi connectivity index (χ3n) is 3.82. The molecule has 1 aromatic heterocycles. The molecule has 9 heteroatoms. The standard InChI is InChI=1S/C19H18N2O5S2/c1-3-25-15(22)10-26-12-5-4-11(8-13(12)24-2)9-14-17(23)16(18(20)28-14)19-21-6-7-27-19/h4-9,16,20H,3,10H2,1-2H3/b14-9-,20-18?/t16-/m1/s1. The van der Waals surface area contributed by atoms with E-state index in [9.17, 15) is 9.59 Å². The molecule has 3 rings (SSSR count). The van der Waals surface area contributed by atoms with Crippen LogP contribution in [0.25, 0.3) is 6.08 Å². The Morgan fingerprint density at radius 2 is 2.18 bits per heavy atom. The molecule has 1 fully saturated rings. The molecule has 0 amide bonds. The number of thiazole rings is 1. The van der Waals surface area contributed by atoms with Gasteiger partial charge in [-0.3, -0.25) is 10.2 Å². The highest BCUT2D eigenvalue weighted by molar-refractivity contribution is 8.19. The molecular weight excluding hydrogens is 400 g/mol. The van der Waals surface area contributed by atoms with Crippen LogP contribution < -0.4 is 9.47 Å². The Morgan fingerprint density at radius 3 is 2.86 bits per heavy atom. The van der Waals surface area contributed by atoms with Crippen LogP contribution in [-0.2, 0) is 14.3 Å². The number of ketones is 1. The quantitative estimate of drug-likeness (QED) is 0.543. The van der Waals surface area contributed by atoms with Gasteiger partial charge in [0.1, 0.15) is 10.9 Å². The van der Waals surface area contributed by atoms with Gasteiger partial charge >= 0.3 is 5.97 Å². The fraction of sp³-hybridized carbons (Fsp3) is 0.263. The van der Waals surface area contributed by atoms with Crippen LogP contribution in [0.15, 0.2) is 34.7 Å². The van der Waals surface area contributed by atoms with Crippen molar-refractivity contribution < 1.29 is 23.8 Å². The average Bonchev–Trinajstić information content (AvgIpc) is 3.29. The van der Waals surface area contributed by atoms with Gasteiger partial charge in [-0.15, -0.1) is 11.3 Å². The van der Waals surface area contributed by atoms with Crippen molar-refractivity contribution in [3.8, 4) is 11.5 Å². The Hall–Kier alpha value is -2.65. The van der Waals surface area contributed by atoms with Crippen molar-refractivity contribution in [2.24, 2.45) is 0 Å². The third kappa shape index (κ3) is 4.42. The van der Waals surface area contributed by atoms with E-state index in [0.717, 1.165) is 17.3 Å². The molecule has 2 aromatic rings. The molecule has 1 aliphatic rings. The average molecular weight is 418 g/mol. The zero-order valence-corrected chi connectivity index (χ0v) is 16.9. The fourth-order valence-corrected chi connectivity index (χ4v) is 4.38. The minimum atomic E-state index is -0.620. The lowest BCUT2D eigenvalue weighted by atomic mass is 10.0. The molecule has 7 nitrogen and oxygen atoms in total. The summed E-state index contributed by atoms with van der Waals surface area (Å²) in [4.78, 5) is 28.8. The number of esters is 1. The highest BCUT2D eigenvalue weighted by Gasteiger charge is 2.38. The summed E-state index contributed by atoms with van der Waals surface area (Å²) in [6, 6.07) is 5.13. The lowest BCUT2D eigenvalue weighted by Crippen LogP contribution is -2.14. The highest BCUT2D eigenvalue weighted by atomic mass is 32.2. The Kier molecular flexibility index (Phi) is 6.48. The number of ether oxygens (including phenoxy) is 3. The van der Waals surface area contributed by atoms with Gasteiger partial charge in [-0.05, 0) is 30.7 Å². The third-order valence-corrected chi connectivity index (χ3v) is 5.66. The van der Waals surface area contributed by atoms with Crippen LogP contribution in [0.1, 0.15) is 23.4 Å². The molecule has 1 N–H and O–H groups in total. The summed E-state index contributed by atoms with van der Waals surface area (Å²) >= 11 is 2.51. The Balaban J connectivity index is 1.78. The van der Waals surface area contributed by atoms with E-state index in [-0.39, 0.29) is 24.0 Å². The predicted molar refractivity (Wildman–Crippen MR) is 108 cm³/mol. The number of aromatic nitrogens is 1. The first-order valence-electron chi connectivity index (χ1n) is 8.41. The first-order valence-corrected chi connectivity index (χ1v) is 10.1. The number of benzene rings is 1. The molecule has 1 aromatic carbocycles. The zero-order valence-electron chi connectivity index (χ0n) is 15.3. The lowest BCUT2D eigenvalue weighted by Gasteiger charge is -2.11. The summed E-state index contributed by atoms with van der Waals surface area (Å²) in [6.07, 6.45) is 3.35. The maximum absolute atomic E-state index is 12.7. The van der Waals surface area contributed by atoms with Gasteiger partial charge in [-0.1, -0.05) is 17.8 Å². The normalized spacial score (nSPS) is 17.8. The first-order chi connectivity index (χ1) is 13.5. The Labute approximate surface area is 170 Å². The molecule has 0 radical (unpaired) electrons. The largest absolute Gasteiger partial charge is 0.493 e. The molecule has 1 aliphatic heterocycles. The Bertz CT molecular complexity index is 924. The molecule has 0 aliphatic carbocycles. The molecule has 2 heterocycles. The van der Waals surface area contributed by atoms with Gasteiger partial charge in [-0.25, -0.2) is 9.78 Å². The van der Waals surface area contributed by atoms with E-state index in [0.29, 0.717) is 21.4 Å². The summed E-state index contributed by atoms with van der Waals surface area (Å²) in [5, 5.41) is 10.8. The maximum Gasteiger partial charge on any atom is 0.344 e. The number of thioether (sulfide) groups is 1. The van der Waals surface area contributed by atoms with E-state index in [1.807, 2.05) is 0 Å². The van der Waals surface area contributed by atoms with Crippen molar-refractivity contribution in [1.82, 2.24) is 4.98 Å². The number of allylic oxidation sites excluding steroid dienone is 1. The van der Waals surface area contributed by atoms with Gasteiger partial charge in [0.2, 0.25) is 0 Å². The molecule has 28 heavy (non-hydrogen) atoms. The lowest BCUT2D eigenvalue weighted by molar-refractivity contribution is -0.145. The number of carbonyl (C=O) groups is 2. The van der Waals surface area contributed by atoms with Crippen LogP contribution in [0.5, 0.6) is 11.5 Å². The van der Waals surface area contributed by atoms with Crippen molar-refractivity contribution in [2.75, 3.05) is 20.3 Å². The van der Waals surface area contributed by atoms with Crippen molar-refractivity contribution >= 4 is 46.0 Å². The van der Waals surface area contributed by atoms with Gasteiger partial charge in [0.25, 0.3) is 0 Å². The van der Waals surface area contributed by atoms with Gasteiger partial charge in [0, 0.05) is 11.6 Å². The van der Waals surface area contributed by atoms with E-state index in [1.165, 1.54) is 18.4 Å². The minimum absolute atomic E-state index is 0.133. The SMILES string of the molecule is CCOC(=O)COc1ccc(/C=C2\SC(=N)[C@H](c3nccs3)C2=O)cc1OC. The van der Waals surface area contributed by atoms with Crippen LogP contribution in [0.4, 0.5) is 0 Å². The summed E-state index contributed by atoms with van der Waals surface area (Å²) < 4.78 is 15.6. The number of hydrogen-bond donors (Lipinski definition) is 1. The van der Waals surface area contributed by atoms with Gasteiger partial charge in [0.15, 0.2) is 23.9 Å². The van der Waals surface area contributed by atoms with Crippen LogP contribution in [-0.4, -0.2) is 42.1 Å².